The minimum absolute atomic E-state index is 0.151. The summed E-state index contributed by atoms with van der Waals surface area (Å²) in [4.78, 5) is 34.7. The number of hydrogen-bond acceptors (Lipinski definition) is 6. The topological polar surface area (TPSA) is 84.0 Å². The third-order valence-electron chi connectivity index (χ3n) is 4.46. The molecule has 2 N–H and O–H groups in total. The van der Waals surface area contributed by atoms with Crippen molar-refractivity contribution in [1.82, 2.24) is 20.6 Å². The molecule has 3 amide bonds. The Morgan fingerprint density at radius 2 is 2.00 bits per heavy atom. The molecule has 3 rings (SSSR count). The third kappa shape index (κ3) is 4.49. The van der Waals surface area contributed by atoms with Gasteiger partial charge in [-0.15, -0.1) is 11.3 Å². The van der Waals surface area contributed by atoms with Gasteiger partial charge >= 0.3 is 6.03 Å². The zero-order valence-corrected chi connectivity index (χ0v) is 16.1. The lowest BCUT2D eigenvalue weighted by Gasteiger charge is -2.22. The van der Waals surface area contributed by atoms with E-state index in [-0.39, 0.29) is 17.7 Å². The Labute approximate surface area is 155 Å². The van der Waals surface area contributed by atoms with Gasteiger partial charge in [-0.3, -0.25) is 10.1 Å². The van der Waals surface area contributed by atoms with Crippen molar-refractivity contribution in [3.63, 3.8) is 0 Å². The van der Waals surface area contributed by atoms with E-state index in [0.29, 0.717) is 0 Å². The second-order valence-electron chi connectivity index (χ2n) is 6.29. The molecule has 1 aliphatic carbocycles. The van der Waals surface area contributed by atoms with Gasteiger partial charge in [-0.1, -0.05) is 31.0 Å². The van der Waals surface area contributed by atoms with Crippen LogP contribution in [-0.4, -0.2) is 33.7 Å². The van der Waals surface area contributed by atoms with E-state index < -0.39 is 6.03 Å². The summed E-state index contributed by atoms with van der Waals surface area (Å²) in [5.41, 5.74) is 1.15. The summed E-state index contributed by atoms with van der Waals surface area (Å²) >= 11 is 2.97. The SMILES string of the molecule is Cc1sc2ncnc(SCC(=O)NC(=O)NC3CCCCC3)c2c1C. The smallest absolute Gasteiger partial charge is 0.321 e. The lowest BCUT2D eigenvalue weighted by atomic mass is 9.96. The molecule has 1 fully saturated rings. The summed E-state index contributed by atoms with van der Waals surface area (Å²) in [5.74, 6) is -0.159. The molecule has 6 nitrogen and oxygen atoms in total. The number of nitrogens with one attached hydrogen (secondary N) is 2. The highest BCUT2D eigenvalue weighted by atomic mass is 32.2. The van der Waals surface area contributed by atoms with Gasteiger partial charge in [0.25, 0.3) is 0 Å². The number of rotatable bonds is 4. The Morgan fingerprint density at radius 1 is 1.24 bits per heavy atom. The summed E-state index contributed by atoms with van der Waals surface area (Å²) in [6.45, 7) is 4.09. The Morgan fingerprint density at radius 3 is 2.76 bits per heavy atom. The zero-order chi connectivity index (χ0) is 17.8. The fourth-order valence-corrected chi connectivity index (χ4v) is 4.94. The van der Waals surface area contributed by atoms with Crippen LogP contribution in [0.1, 0.15) is 42.5 Å². The Balaban J connectivity index is 1.54. The van der Waals surface area contributed by atoms with E-state index in [1.807, 2.05) is 6.92 Å². The van der Waals surface area contributed by atoms with E-state index in [1.54, 1.807) is 11.3 Å². The number of aryl methyl sites for hydroxylation is 2. The lowest BCUT2D eigenvalue weighted by molar-refractivity contribution is -0.117. The molecule has 0 spiro atoms. The number of nitrogens with zero attached hydrogens (tertiary/aromatic N) is 2. The Bertz CT molecular complexity index is 784. The number of amides is 3. The quantitative estimate of drug-likeness (QED) is 0.628. The lowest BCUT2D eigenvalue weighted by Crippen LogP contribution is -2.45. The normalized spacial score (nSPS) is 15.3. The van der Waals surface area contributed by atoms with E-state index in [9.17, 15) is 9.59 Å². The van der Waals surface area contributed by atoms with Gasteiger partial charge in [0.15, 0.2) is 0 Å². The molecule has 2 aromatic rings. The maximum atomic E-state index is 12.1. The molecule has 1 aliphatic rings. The van der Waals surface area contributed by atoms with Gasteiger partial charge in [0.1, 0.15) is 16.2 Å². The first kappa shape index (κ1) is 18.1. The van der Waals surface area contributed by atoms with Crippen molar-refractivity contribution in [3.8, 4) is 0 Å². The number of urea groups is 1. The molecule has 1 saturated carbocycles. The molecule has 25 heavy (non-hydrogen) atoms. The summed E-state index contributed by atoms with van der Waals surface area (Å²) in [6, 6.07) is -0.208. The van der Waals surface area contributed by atoms with Gasteiger partial charge in [0.05, 0.1) is 5.75 Å². The maximum Gasteiger partial charge on any atom is 0.321 e. The fraction of sp³-hybridized carbons (Fsp3) is 0.529. The Hall–Kier alpha value is -1.67. The van der Waals surface area contributed by atoms with Crippen LogP contribution in [0.4, 0.5) is 4.79 Å². The highest BCUT2D eigenvalue weighted by Gasteiger charge is 2.18. The van der Waals surface area contributed by atoms with Crippen LogP contribution >= 0.6 is 23.1 Å². The van der Waals surface area contributed by atoms with Crippen LogP contribution in [0.2, 0.25) is 0 Å². The number of imide groups is 1. The second kappa shape index (κ2) is 8.14. The van der Waals surface area contributed by atoms with Crippen molar-refractivity contribution in [2.75, 3.05) is 5.75 Å². The molecule has 0 bridgehead atoms. The molecule has 8 heteroatoms. The number of hydrogen-bond donors (Lipinski definition) is 2. The first-order chi connectivity index (χ1) is 12.0. The van der Waals surface area contributed by atoms with Crippen molar-refractivity contribution in [1.29, 1.82) is 0 Å². The van der Waals surface area contributed by atoms with Crippen molar-refractivity contribution >= 4 is 45.3 Å². The van der Waals surface area contributed by atoms with E-state index in [1.165, 1.54) is 29.4 Å². The van der Waals surface area contributed by atoms with Crippen molar-refractivity contribution < 1.29 is 9.59 Å². The summed E-state index contributed by atoms with van der Waals surface area (Å²) in [7, 11) is 0. The minimum atomic E-state index is -0.395. The second-order valence-corrected chi connectivity index (χ2v) is 8.45. The van der Waals surface area contributed by atoms with Crippen LogP contribution in [-0.2, 0) is 4.79 Å². The van der Waals surface area contributed by atoms with Gasteiger partial charge < -0.3 is 5.32 Å². The highest BCUT2D eigenvalue weighted by Crippen LogP contribution is 2.34. The molecule has 0 saturated heterocycles. The minimum Gasteiger partial charge on any atom is -0.335 e. The van der Waals surface area contributed by atoms with E-state index in [4.69, 9.17) is 0 Å². The number of fused-ring (bicyclic) bond motifs is 1. The average Bonchev–Trinajstić information content (AvgIpc) is 2.89. The van der Waals surface area contributed by atoms with Crippen molar-refractivity contribution in [2.24, 2.45) is 0 Å². The van der Waals surface area contributed by atoms with Gasteiger partial charge in [-0.2, -0.15) is 0 Å². The average molecular weight is 379 g/mol. The number of carbonyl (C=O) groups excluding carboxylic acids is 2. The van der Waals surface area contributed by atoms with Crippen LogP contribution in [0.15, 0.2) is 11.4 Å². The molecule has 2 aromatic heterocycles. The predicted octanol–water partition coefficient (Wildman–Crippen LogP) is 3.56. The van der Waals surface area contributed by atoms with Crippen LogP contribution in [0, 0.1) is 13.8 Å². The first-order valence-electron chi connectivity index (χ1n) is 8.48. The van der Waals surface area contributed by atoms with Crippen LogP contribution < -0.4 is 10.6 Å². The monoisotopic (exact) mass is 378 g/mol. The molecule has 0 aromatic carbocycles. The molecule has 0 radical (unpaired) electrons. The number of aromatic nitrogens is 2. The largest absolute Gasteiger partial charge is 0.335 e. The van der Waals surface area contributed by atoms with E-state index >= 15 is 0 Å². The van der Waals surface area contributed by atoms with E-state index in [0.717, 1.165) is 46.5 Å². The zero-order valence-electron chi connectivity index (χ0n) is 14.4. The molecular formula is C17H22N4O2S2. The van der Waals surface area contributed by atoms with Gasteiger partial charge in [-0.25, -0.2) is 14.8 Å². The van der Waals surface area contributed by atoms with Crippen LogP contribution in [0.25, 0.3) is 10.2 Å². The van der Waals surface area contributed by atoms with Crippen LogP contribution in [0.3, 0.4) is 0 Å². The summed E-state index contributed by atoms with van der Waals surface area (Å²) in [6.07, 6.45) is 7.01. The molecule has 0 atom stereocenters. The van der Waals surface area contributed by atoms with Crippen molar-refractivity contribution in [3.05, 3.63) is 16.8 Å². The highest BCUT2D eigenvalue weighted by molar-refractivity contribution is 8.00. The van der Waals surface area contributed by atoms with Gasteiger partial charge in [0.2, 0.25) is 5.91 Å². The third-order valence-corrected chi connectivity index (χ3v) is 6.57. The first-order valence-corrected chi connectivity index (χ1v) is 10.3. The van der Waals surface area contributed by atoms with Crippen molar-refractivity contribution in [2.45, 2.75) is 57.0 Å². The number of thioether (sulfide) groups is 1. The van der Waals surface area contributed by atoms with Crippen LogP contribution in [0.5, 0.6) is 0 Å². The standard InChI is InChI=1S/C17H22N4O2S2/c1-10-11(2)25-16-14(10)15(18-9-19-16)24-8-13(22)21-17(23)20-12-6-4-3-5-7-12/h9,12H,3-8H2,1-2H3,(H2,20,21,22,23). The predicted molar refractivity (Wildman–Crippen MR) is 101 cm³/mol. The molecule has 0 unspecified atom stereocenters. The Kier molecular flexibility index (Phi) is 5.90. The van der Waals surface area contributed by atoms with Gasteiger partial charge in [-0.05, 0) is 32.3 Å². The molecule has 2 heterocycles. The molecule has 134 valence electrons. The summed E-state index contributed by atoms with van der Waals surface area (Å²) in [5, 5.41) is 7.10. The maximum absolute atomic E-state index is 12.1. The number of thiophene rings is 1. The van der Waals surface area contributed by atoms with Gasteiger partial charge in [0, 0.05) is 16.3 Å². The summed E-state index contributed by atoms with van der Waals surface area (Å²) < 4.78 is 0. The molecule has 0 aliphatic heterocycles. The fourth-order valence-electron chi connectivity index (χ4n) is 3.02. The molecular weight excluding hydrogens is 356 g/mol. The van der Waals surface area contributed by atoms with E-state index in [2.05, 4.69) is 27.5 Å². The number of carbonyl (C=O) groups is 2.